The Balaban J connectivity index is 2.30. The van der Waals surface area contributed by atoms with Gasteiger partial charge in [-0.2, -0.15) is 0 Å². The average Bonchev–Trinajstić information content (AvgIpc) is 2.70. The van der Waals surface area contributed by atoms with Crippen molar-refractivity contribution in [2.45, 2.75) is 57.5 Å². The summed E-state index contributed by atoms with van der Waals surface area (Å²) < 4.78 is 0. The number of amides is 1. The van der Waals surface area contributed by atoms with Gasteiger partial charge in [-0.25, -0.2) is 0 Å². The maximum atomic E-state index is 11.9. The van der Waals surface area contributed by atoms with E-state index in [0.29, 0.717) is 6.54 Å². The van der Waals surface area contributed by atoms with Crippen LogP contribution in [0.25, 0.3) is 0 Å². The van der Waals surface area contributed by atoms with Crippen LogP contribution in [-0.2, 0) is 4.79 Å². The highest BCUT2D eigenvalue weighted by Gasteiger charge is 2.28. The Morgan fingerprint density at radius 2 is 2.25 bits per heavy atom. The molecule has 4 nitrogen and oxygen atoms in total. The smallest absolute Gasteiger partial charge is 0.223 e. The Morgan fingerprint density at radius 3 is 2.75 bits per heavy atom. The fourth-order valence-corrected chi connectivity index (χ4v) is 2.27. The molecule has 1 amide bonds. The monoisotopic (exact) mass is 227 g/mol. The molecule has 0 aliphatic heterocycles. The molecule has 0 radical (unpaired) electrons. The van der Waals surface area contributed by atoms with Crippen molar-refractivity contribution in [3.05, 3.63) is 0 Å². The predicted octanol–water partition coefficient (Wildman–Crippen LogP) is 0.748. The number of hydrogen-bond acceptors (Lipinski definition) is 3. The molecular weight excluding hydrogens is 202 g/mol. The first-order valence-corrected chi connectivity index (χ1v) is 6.43. The molecule has 3 unspecified atom stereocenters. The second-order valence-corrected chi connectivity index (χ2v) is 4.85. The second-order valence-electron chi connectivity index (χ2n) is 4.85. The Morgan fingerprint density at radius 1 is 1.50 bits per heavy atom. The lowest BCUT2D eigenvalue weighted by atomic mass is 10.0. The minimum Gasteiger partial charge on any atom is -0.352 e. The molecule has 4 heteroatoms. The van der Waals surface area contributed by atoms with Crippen LogP contribution in [0.5, 0.6) is 0 Å². The molecule has 0 aromatic heterocycles. The number of carbonyl (C=O) groups excluding carboxylic acids is 1. The van der Waals surface area contributed by atoms with Gasteiger partial charge in [0.25, 0.3) is 0 Å². The molecule has 1 saturated carbocycles. The molecule has 16 heavy (non-hydrogen) atoms. The number of rotatable bonds is 6. The third-order valence-electron chi connectivity index (χ3n) is 3.38. The molecule has 0 aromatic carbocycles. The van der Waals surface area contributed by atoms with Crippen LogP contribution in [0.1, 0.15) is 45.4 Å². The van der Waals surface area contributed by atoms with Crippen molar-refractivity contribution < 1.29 is 4.79 Å². The molecule has 1 aliphatic rings. The minimum atomic E-state index is 0.116. The fourth-order valence-electron chi connectivity index (χ4n) is 2.27. The van der Waals surface area contributed by atoms with Crippen molar-refractivity contribution in [2.75, 3.05) is 6.54 Å². The van der Waals surface area contributed by atoms with E-state index in [-0.39, 0.29) is 23.9 Å². The van der Waals surface area contributed by atoms with Gasteiger partial charge in [-0.3, -0.25) is 4.79 Å². The van der Waals surface area contributed by atoms with Crippen LogP contribution >= 0.6 is 0 Å². The van der Waals surface area contributed by atoms with E-state index in [1.54, 1.807) is 0 Å². The van der Waals surface area contributed by atoms with Gasteiger partial charge in [0, 0.05) is 24.5 Å². The van der Waals surface area contributed by atoms with E-state index in [0.717, 1.165) is 38.5 Å². The van der Waals surface area contributed by atoms with Crippen LogP contribution in [-0.4, -0.2) is 24.5 Å². The van der Waals surface area contributed by atoms with Gasteiger partial charge in [-0.05, 0) is 25.7 Å². The van der Waals surface area contributed by atoms with Gasteiger partial charge in [-0.15, -0.1) is 0 Å². The standard InChI is InChI=1S/C12H25N3O/c1-2-3-4-11(8-13)15-12(16)9-5-6-10(14)7-9/h9-11H,2-8,13-14H2,1H3,(H,15,16). The molecule has 0 saturated heterocycles. The van der Waals surface area contributed by atoms with Gasteiger partial charge < -0.3 is 16.8 Å². The van der Waals surface area contributed by atoms with E-state index >= 15 is 0 Å². The summed E-state index contributed by atoms with van der Waals surface area (Å²) in [5.41, 5.74) is 11.5. The van der Waals surface area contributed by atoms with Crippen LogP contribution in [0.2, 0.25) is 0 Å². The number of nitrogens with two attached hydrogens (primary N) is 2. The zero-order valence-corrected chi connectivity index (χ0v) is 10.2. The molecule has 0 bridgehead atoms. The van der Waals surface area contributed by atoms with E-state index in [4.69, 9.17) is 11.5 Å². The maximum absolute atomic E-state index is 11.9. The highest BCUT2D eigenvalue weighted by molar-refractivity contribution is 5.79. The van der Waals surface area contributed by atoms with E-state index in [9.17, 15) is 4.79 Å². The fraction of sp³-hybridized carbons (Fsp3) is 0.917. The molecule has 1 fully saturated rings. The van der Waals surface area contributed by atoms with Gasteiger partial charge in [0.15, 0.2) is 0 Å². The zero-order valence-electron chi connectivity index (χ0n) is 10.2. The van der Waals surface area contributed by atoms with Crippen molar-refractivity contribution >= 4 is 5.91 Å². The molecule has 94 valence electrons. The highest BCUT2D eigenvalue weighted by atomic mass is 16.1. The Hall–Kier alpha value is -0.610. The quantitative estimate of drug-likeness (QED) is 0.626. The lowest BCUT2D eigenvalue weighted by Crippen LogP contribution is -2.42. The molecule has 5 N–H and O–H groups in total. The third kappa shape index (κ3) is 4.10. The molecule has 1 rings (SSSR count). The van der Waals surface area contributed by atoms with E-state index in [1.807, 2.05) is 0 Å². The Labute approximate surface area is 98.1 Å². The molecule has 0 spiro atoms. The lowest BCUT2D eigenvalue weighted by Gasteiger charge is -2.19. The Bertz CT molecular complexity index is 220. The van der Waals surface area contributed by atoms with Crippen molar-refractivity contribution in [1.29, 1.82) is 0 Å². The summed E-state index contributed by atoms with van der Waals surface area (Å²) in [6.45, 7) is 2.68. The summed E-state index contributed by atoms with van der Waals surface area (Å²) in [5.74, 6) is 0.269. The van der Waals surface area contributed by atoms with E-state index in [2.05, 4.69) is 12.2 Å². The number of nitrogens with one attached hydrogen (secondary N) is 1. The molecule has 3 atom stereocenters. The average molecular weight is 227 g/mol. The molecule has 0 heterocycles. The first kappa shape index (κ1) is 13.5. The number of unbranched alkanes of at least 4 members (excludes halogenated alkanes) is 1. The van der Waals surface area contributed by atoms with Crippen LogP contribution in [0.4, 0.5) is 0 Å². The van der Waals surface area contributed by atoms with Gasteiger partial charge >= 0.3 is 0 Å². The second kappa shape index (κ2) is 6.86. The zero-order chi connectivity index (χ0) is 12.0. The molecule has 1 aliphatic carbocycles. The first-order chi connectivity index (χ1) is 7.67. The van der Waals surface area contributed by atoms with Crippen LogP contribution in [0, 0.1) is 5.92 Å². The highest BCUT2D eigenvalue weighted by Crippen LogP contribution is 2.24. The Kier molecular flexibility index (Phi) is 5.77. The van der Waals surface area contributed by atoms with Crippen molar-refractivity contribution in [1.82, 2.24) is 5.32 Å². The molecule has 0 aromatic rings. The summed E-state index contributed by atoms with van der Waals surface area (Å²) >= 11 is 0. The SMILES string of the molecule is CCCCC(CN)NC(=O)C1CCC(N)C1. The summed E-state index contributed by atoms with van der Waals surface area (Å²) in [4.78, 5) is 11.9. The van der Waals surface area contributed by atoms with Crippen LogP contribution in [0.15, 0.2) is 0 Å². The van der Waals surface area contributed by atoms with Crippen molar-refractivity contribution in [3.8, 4) is 0 Å². The number of hydrogen-bond donors (Lipinski definition) is 3. The van der Waals surface area contributed by atoms with Gasteiger partial charge in [0.05, 0.1) is 0 Å². The van der Waals surface area contributed by atoms with Gasteiger partial charge in [0.1, 0.15) is 0 Å². The summed E-state index contributed by atoms with van der Waals surface area (Å²) in [6, 6.07) is 0.354. The lowest BCUT2D eigenvalue weighted by molar-refractivity contribution is -0.125. The normalized spacial score (nSPS) is 26.7. The van der Waals surface area contributed by atoms with Gasteiger partial charge in [0.2, 0.25) is 5.91 Å². The van der Waals surface area contributed by atoms with Gasteiger partial charge in [-0.1, -0.05) is 19.8 Å². The predicted molar refractivity (Wildman–Crippen MR) is 65.8 cm³/mol. The van der Waals surface area contributed by atoms with E-state index < -0.39 is 0 Å². The largest absolute Gasteiger partial charge is 0.352 e. The number of carbonyl (C=O) groups is 1. The third-order valence-corrected chi connectivity index (χ3v) is 3.38. The van der Waals surface area contributed by atoms with Crippen LogP contribution < -0.4 is 16.8 Å². The topological polar surface area (TPSA) is 81.1 Å². The van der Waals surface area contributed by atoms with Crippen molar-refractivity contribution in [3.63, 3.8) is 0 Å². The minimum absolute atomic E-state index is 0.116. The maximum Gasteiger partial charge on any atom is 0.223 e. The first-order valence-electron chi connectivity index (χ1n) is 6.43. The summed E-state index contributed by atoms with van der Waals surface area (Å²) in [7, 11) is 0. The van der Waals surface area contributed by atoms with E-state index in [1.165, 1.54) is 0 Å². The summed E-state index contributed by atoms with van der Waals surface area (Å²) in [6.07, 6.45) is 5.97. The van der Waals surface area contributed by atoms with Crippen molar-refractivity contribution in [2.24, 2.45) is 17.4 Å². The van der Waals surface area contributed by atoms with Crippen LogP contribution in [0.3, 0.4) is 0 Å². The summed E-state index contributed by atoms with van der Waals surface area (Å²) in [5, 5.41) is 3.04. The molecular formula is C12H25N3O.